The Morgan fingerprint density at radius 3 is 2.67 bits per heavy atom. The number of unbranched alkanes of at least 4 members (excludes halogenated alkanes) is 1. The number of oxazole rings is 1. The first-order chi connectivity index (χ1) is 13.0. The zero-order valence-corrected chi connectivity index (χ0v) is 15.3. The van der Waals surface area contributed by atoms with E-state index in [9.17, 15) is 14.0 Å². The van der Waals surface area contributed by atoms with Crippen molar-refractivity contribution in [1.82, 2.24) is 9.88 Å². The highest BCUT2D eigenvalue weighted by Gasteiger charge is 2.10. The molecule has 1 aromatic heterocycles. The van der Waals surface area contributed by atoms with Crippen molar-refractivity contribution in [2.45, 2.75) is 25.7 Å². The summed E-state index contributed by atoms with van der Waals surface area (Å²) in [6.07, 6.45) is 3.37. The number of Topliss-reactive ketones (excluding diaryl/α,β-unsaturated/α-hetero) is 1. The Morgan fingerprint density at radius 2 is 1.89 bits per heavy atom. The standard InChI is InChI=1S/C21H23FN2O3/c1-24(12-3-2-4-15-5-8-17(22)9-6-15)13-11-19(25)16-7-10-18-20(14-16)27-21(26)23-18/h5-10,14H,2-4,11-13H2,1H3,(H,23,26). The van der Waals surface area contributed by atoms with Gasteiger partial charge in [-0.15, -0.1) is 0 Å². The van der Waals surface area contributed by atoms with Crippen molar-refractivity contribution in [3.63, 3.8) is 0 Å². The molecule has 0 saturated heterocycles. The van der Waals surface area contributed by atoms with E-state index in [1.54, 1.807) is 18.2 Å². The van der Waals surface area contributed by atoms with E-state index in [1.165, 1.54) is 12.1 Å². The van der Waals surface area contributed by atoms with Crippen molar-refractivity contribution < 1.29 is 13.6 Å². The maximum Gasteiger partial charge on any atom is 0.417 e. The van der Waals surface area contributed by atoms with Crippen molar-refractivity contribution >= 4 is 16.9 Å². The summed E-state index contributed by atoms with van der Waals surface area (Å²) in [7, 11) is 2.00. The Kier molecular flexibility index (Phi) is 6.19. The number of carbonyl (C=O) groups excluding carboxylic acids is 1. The number of nitrogens with zero attached hydrogens (tertiary/aromatic N) is 1. The quantitative estimate of drug-likeness (QED) is 0.460. The number of hydrogen-bond acceptors (Lipinski definition) is 4. The van der Waals surface area contributed by atoms with Gasteiger partial charge in [-0.2, -0.15) is 0 Å². The highest BCUT2D eigenvalue weighted by molar-refractivity contribution is 5.98. The van der Waals surface area contributed by atoms with Crippen LogP contribution in [0.15, 0.2) is 51.7 Å². The molecule has 5 nitrogen and oxygen atoms in total. The lowest BCUT2D eigenvalue weighted by Crippen LogP contribution is -2.23. The highest BCUT2D eigenvalue weighted by atomic mass is 19.1. The molecule has 2 aromatic carbocycles. The van der Waals surface area contributed by atoms with Gasteiger partial charge in [0.25, 0.3) is 0 Å². The molecule has 0 atom stereocenters. The predicted molar refractivity (Wildman–Crippen MR) is 103 cm³/mol. The first-order valence-corrected chi connectivity index (χ1v) is 9.10. The smallest absolute Gasteiger partial charge is 0.408 e. The van der Waals surface area contributed by atoms with Crippen LogP contribution in [-0.2, 0) is 6.42 Å². The Balaban J connectivity index is 1.39. The van der Waals surface area contributed by atoms with E-state index in [0.717, 1.165) is 31.4 Å². The number of aromatic amines is 1. The van der Waals surface area contributed by atoms with Gasteiger partial charge in [0.2, 0.25) is 0 Å². The topological polar surface area (TPSA) is 66.3 Å². The largest absolute Gasteiger partial charge is 0.417 e. The number of aryl methyl sites for hydroxylation is 1. The summed E-state index contributed by atoms with van der Waals surface area (Å²) in [4.78, 5) is 28.2. The zero-order chi connectivity index (χ0) is 19.2. The molecule has 0 aliphatic rings. The molecule has 0 fully saturated rings. The molecular weight excluding hydrogens is 347 g/mol. The van der Waals surface area contributed by atoms with Crippen LogP contribution in [0.25, 0.3) is 11.1 Å². The molecule has 27 heavy (non-hydrogen) atoms. The number of aromatic nitrogens is 1. The molecule has 0 radical (unpaired) electrons. The summed E-state index contributed by atoms with van der Waals surface area (Å²) in [6, 6.07) is 11.6. The van der Waals surface area contributed by atoms with E-state index in [2.05, 4.69) is 9.88 Å². The average molecular weight is 370 g/mol. The highest BCUT2D eigenvalue weighted by Crippen LogP contribution is 2.14. The summed E-state index contributed by atoms with van der Waals surface area (Å²) in [5.74, 6) is -0.699. The fourth-order valence-corrected chi connectivity index (χ4v) is 3.03. The minimum Gasteiger partial charge on any atom is -0.408 e. The van der Waals surface area contributed by atoms with Crippen LogP contribution >= 0.6 is 0 Å². The van der Waals surface area contributed by atoms with Crippen molar-refractivity contribution in [3.8, 4) is 0 Å². The third kappa shape index (κ3) is 5.37. The molecule has 3 rings (SSSR count). The van der Waals surface area contributed by atoms with Gasteiger partial charge in [-0.25, -0.2) is 9.18 Å². The average Bonchev–Trinajstić information content (AvgIpc) is 3.03. The molecule has 0 unspecified atom stereocenters. The maximum absolute atomic E-state index is 12.9. The van der Waals surface area contributed by atoms with E-state index in [-0.39, 0.29) is 11.6 Å². The van der Waals surface area contributed by atoms with Gasteiger partial charge in [0.15, 0.2) is 11.4 Å². The molecule has 0 aliphatic carbocycles. The van der Waals surface area contributed by atoms with E-state index in [0.29, 0.717) is 29.6 Å². The number of hydrogen-bond donors (Lipinski definition) is 1. The summed E-state index contributed by atoms with van der Waals surface area (Å²) in [5.41, 5.74) is 2.69. The number of nitrogens with one attached hydrogen (secondary N) is 1. The van der Waals surface area contributed by atoms with Gasteiger partial charge in [0.05, 0.1) is 5.52 Å². The second-order valence-corrected chi connectivity index (χ2v) is 6.79. The number of carbonyl (C=O) groups is 1. The van der Waals surface area contributed by atoms with E-state index in [1.807, 2.05) is 19.2 Å². The van der Waals surface area contributed by atoms with Crippen molar-refractivity contribution in [1.29, 1.82) is 0 Å². The van der Waals surface area contributed by atoms with Gasteiger partial charge in [-0.3, -0.25) is 9.78 Å². The third-order valence-electron chi connectivity index (χ3n) is 4.63. The molecule has 3 aromatic rings. The zero-order valence-electron chi connectivity index (χ0n) is 15.3. The van der Waals surface area contributed by atoms with Gasteiger partial charge in [0, 0.05) is 18.5 Å². The van der Waals surface area contributed by atoms with Crippen LogP contribution in [0.2, 0.25) is 0 Å². The molecule has 0 amide bonds. The lowest BCUT2D eigenvalue weighted by atomic mass is 10.1. The predicted octanol–water partition coefficient (Wildman–Crippen LogP) is 3.79. The number of halogens is 1. The summed E-state index contributed by atoms with van der Waals surface area (Å²) in [5, 5.41) is 0. The monoisotopic (exact) mass is 370 g/mol. The molecule has 0 spiro atoms. The van der Waals surface area contributed by atoms with Crippen LogP contribution in [-0.4, -0.2) is 35.8 Å². The molecule has 1 N–H and O–H groups in total. The number of fused-ring (bicyclic) bond motifs is 1. The minimum atomic E-state index is -0.519. The van der Waals surface area contributed by atoms with Gasteiger partial charge in [-0.05, 0) is 68.8 Å². The normalized spacial score (nSPS) is 11.4. The van der Waals surface area contributed by atoms with Crippen molar-refractivity contribution in [2.24, 2.45) is 0 Å². The van der Waals surface area contributed by atoms with Crippen LogP contribution < -0.4 is 5.76 Å². The Bertz CT molecular complexity index is 959. The first-order valence-electron chi connectivity index (χ1n) is 9.10. The van der Waals surface area contributed by atoms with Gasteiger partial charge < -0.3 is 9.32 Å². The summed E-state index contributed by atoms with van der Waals surface area (Å²) >= 11 is 0. The Morgan fingerprint density at radius 1 is 1.11 bits per heavy atom. The second-order valence-electron chi connectivity index (χ2n) is 6.79. The molecule has 0 saturated carbocycles. The SMILES string of the molecule is CN(CCCCc1ccc(F)cc1)CCC(=O)c1ccc2[nH]c(=O)oc2c1. The first kappa shape index (κ1) is 19.0. The van der Waals surface area contributed by atoms with Crippen molar-refractivity contribution in [2.75, 3.05) is 20.1 Å². The van der Waals surface area contributed by atoms with Crippen LogP contribution in [0.3, 0.4) is 0 Å². The summed E-state index contributed by atoms with van der Waals surface area (Å²) in [6.45, 7) is 1.57. The Hall–Kier alpha value is -2.73. The van der Waals surface area contributed by atoms with Crippen LogP contribution in [0.4, 0.5) is 4.39 Å². The lowest BCUT2D eigenvalue weighted by molar-refractivity contribution is 0.0969. The minimum absolute atomic E-state index is 0.0268. The van der Waals surface area contributed by atoms with E-state index in [4.69, 9.17) is 4.42 Å². The second kappa shape index (κ2) is 8.77. The number of H-pyrrole nitrogens is 1. The van der Waals surface area contributed by atoms with E-state index >= 15 is 0 Å². The molecule has 6 heteroatoms. The fraction of sp³-hybridized carbons (Fsp3) is 0.333. The summed E-state index contributed by atoms with van der Waals surface area (Å²) < 4.78 is 17.9. The van der Waals surface area contributed by atoms with E-state index < -0.39 is 5.76 Å². The van der Waals surface area contributed by atoms with Gasteiger partial charge in [-0.1, -0.05) is 12.1 Å². The number of ketones is 1. The molecular formula is C21H23FN2O3. The number of rotatable bonds is 9. The molecule has 1 heterocycles. The fourth-order valence-electron chi connectivity index (χ4n) is 3.03. The number of benzene rings is 2. The lowest BCUT2D eigenvalue weighted by Gasteiger charge is -2.16. The van der Waals surface area contributed by atoms with Gasteiger partial charge in [0.1, 0.15) is 5.82 Å². The maximum atomic E-state index is 12.9. The van der Waals surface area contributed by atoms with Crippen LogP contribution in [0.1, 0.15) is 35.2 Å². The van der Waals surface area contributed by atoms with Crippen molar-refractivity contribution in [3.05, 3.63) is 70.0 Å². The molecule has 0 aliphatic heterocycles. The molecule has 0 bridgehead atoms. The Labute approximate surface area is 156 Å². The van der Waals surface area contributed by atoms with Crippen LogP contribution in [0, 0.1) is 5.82 Å². The molecule has 142 valence electrons. The van der Waals surface area contributed by atoms with Crippen LogP contribution in [0.5, 0.6) is 0 Å². The van der Waals surface area contributed by atoms with Gasteiger partial charge >= 0.3 is 5.76 Å². The third-order valence-corrected chi connectivity index (χ3v) is 4.63.